The first-order chi connectivity index (χ1) is 14.9. The molecule has 2 aromatic rings. The number of benzene rings is 1. The van der Waals surface area contributed by atoms with Crippen LogP contribution in [0.25, 0.3) is 0 Å². The fourth-order valence-corrected chi connectivity index (χ4v) is 3.46. The van der Waals surface area contributed by atoms with Crippen molar-refractivity contribution in [2.45, 2.75) is 32.6 Å². The van der Waals surface area contributed by atoms with Crippen LogP contribution in [-0.2, 0) is 4.79 Å². The Morgan fingerprint density at radius 1 is 1.26 bits per heavy atom. The molecule has 1 aliphatic rings. The third-order valence-corrected chi connectivity index (χ3v) is 4.89. The summed E-state index contributed by atoms with van der Waals surface area (Å²) in [6.07, 6.45) is 5.25. The van der Waals surface area contributed by atoms with Crippen LogP contribution in [0.2, 0.25) is 0 Å². The van der Waals surface area contributed by atoms with Gasteiger partial charge in [0.1, 0.15) is 12.9 Å². The molecule has 1 aliphatic heterocycles. The molecule has 9 heteroatoms. The molecule has 9 nitrogen and oxygen atoms in total. The largest absolute Gasteiger partial charge is 0.493 e. The van der Waals surface area contributed by atoms with E-state index < -0.39 is 5.97 Å². The zero-order chi connectivity index (χ0) is 22.8. The lowest BCUT2D eigenvalue weighted by atomic mass is 9.91. The second-order valence-electron chi connectivity index (χ2n) is 7.18. The highest BCUT2D eigenvalue weighted by Crippen LogP contribution is 2.31. The number of carbonyl (C=O) groups is 2. The van der Waals surface area contributed by atoms with Crippen LogP contribution in [0.4, 0.5) is 0 Å². The molecule has 0 aliphatic carbocycles. The molecule has 1 saturated heterocycles. The average Bonchev–Trinajstić information content (AvgIpc) is 2.77. The number of ether oxygens (including phenoxy) is 2. The van der Waals surface area contributed by atoms with Gasteiger partial charge in [0.15, 0.2) is 11.5 Å². The van der Waals surface area contributed by atoms with Gasteiger partial charge in [-0.25, -0.2) is 9.97 Å². The molecule has 1 fully saturated rings. The van der Waals surface area contributed by atoms with Crippen molar-refractivity contribution in [3.05, 3.63) is 47.5 Å². The number of nitrogens with zero attached hydrogens (tertiary/aromatic N) is 3. The van der Waals surface area contributed by atoms with Crippen molar-refractivity contribution in [1.29, 1.82) is 0 Å². The van der Waals surface area contributed by atoms with E-state index in [1.165, 1.54) is 0 Å². The number of rotatable bonds is 6. The molecule has 2 heterocycles. The van der Waals surface area contributed by atoms with E-state index in [1.807, 2.05) is 18.0 Å². The Bertz CT molecular complexity index is 878. The number of carbonyl (C=O) groups excluding carboxylic acids is 1. The zero-order valence-electron chi connectivity index (χ0n) is 18.2. The number of hydrogen-bond donors (Lipinski definition) is 2. The Balaban J connectivity index is 0.000000785. The van der Waals surface area contributed by atoms with E-state index in [0.29, 0.717) is 49.2 Å². The standard InChI is InChI=1S/C20H26N4O3.C2H4O2/c1-14-12-22-13-23-19(14)15-5-8-24(9-6-15)20(25)16-3-4-17(27-10-7-21)18(11-16)26-2;1-2(3)4/h3-4,11-13,15H,5-10,21H2,1-2H3;1H3,(H,3,4). The van der Waals surface area contributed by atoms with Gasteiger partial charge < -0.3 is 25.2 Å². The number of nitrogens with two attached hydrogens (primary N) is 1. The highest BCUT2D eigenvalue weighted by atomic mass is 16.5. The van der Waals surface area contributed by atoms with Crippen molar-refractivity contribution in [3.63, 3.8) is 0 Å². The molecule has 1 amide bonds. The number of methoxy groups -OCH3 is 1. The van der Waals surface area contributed by atoms with E-state index in [0.717, 1.165) is 31.0 Å². The molecule has 1 aromatic carbocycles. The molecule has 0 spiro atoms. The van der Waals surface area contributed by atoms with Crippen molar-refractivity contribution in [1.82, 2.24) is 14.9 Å². The maximum Gasteiger partial charge on any atom is 0.300 e. The van der Waals surface area contributed by atoms with Gasteiger partial charge >= 0.3 is 0 Å². The molecule has 0 radical (unpaired) electrons. The number of aliphatic carboxylic acids is 1. The van der Waals surface area contributed by atoms with E-state index in [4.69, 9.17) is 25.1 Å². The molecule has 31 heavy (non-hydrogen) atoms. The van der Waals surface area contributed by atoms with Gasteiger partial charge in [0.25, 0.3) is 11.9 Å². The van der Waals surface area contributed by atoms with Crippen LogP contribution < -0.4 is 15.2 Å². The summed E-state index contributed by atoms with van der Waals surface area (Å²) in [5, 5.41) is 7.42. The summed E-state index contributed by atoms with van der Waals surface area (Å²) in [6.45, 7) is 5.36. The van der Waals surface area contributed by atoms with Gasteiger partial charge in [-0.15, -0.1) is 0 Å². The summed E-state index contributed by atoms with van der Waals surface area (Å²) < 4.78 is 10.9. The lowest BCUT2D eigenvalue weighted by Crippen LogP contribution is -2.38. The van der Waals surface area contributed by atoms with E-state index in [9.17, 15) is 4.79 Å². The van der Waals surface area contributed by atoms with Crippen molar-refractivity contribution >= 4 is 11.9 Å². The van der Waals surface area contributed by atoms with Gasteiger partial charge in [0.05, 0.1) is 7.11 Å². The zero-order valence-corrected chi connectivity index (χ0v) is 18.2. The van der Waals surface area contributed by atoms with E-state index in [1.54, 1.807) is 31.6 Å². The third kappa shape index (κ3) is 6.92. The number of carboxylic acids is 1. The quantitative estimate of drug-likeness (QED) is 0.714. The molecule has 3 rings (SSSR count). The van der Waals surface area contributed by atoms with Crippen LogP contribution in [0.3, 0.4) is 0 Å². The minimum Gasteiger partial charge on any atom is -0.493 e. The van der Waals surface area contributed by atoms with Crippen LogP contribution in [-0.4, -0.2) is 65.2 Å². The lowest BCUT2D eigenvalue weighted by molar-refractivity contribution is -0.134. The fourth-order valence-electron chi connectivity index (χ4n) is 3.46. The lowest BCUT2D eigenvalue weighted by Gasteiger charge is -2.32. The van der Waals surface area contributed by atoms with Crippen molar-refractivity contribution < 1.29 is 24.2 Å². The number of aryl methyl sites for hydroxylation is 1. The molecule has 1 aromatic heterocycles. The van der Waals surface area contributed by atoms with E-state index >= 15 is 0 Å². The van der Waals surface area contributed by atoms with Gasteiger partial charge in [-0.1, -0.05) is 0 Å². The Kier molecular flexibility index (Phi) is 9.20. The maximum atomic E-state index is 12.9. The minimum atomic E-state index is -0.833. The summed E-state index contributed by atoms with van der Waals surface area (Å²) >= 11 is 0. The van der Waals surface area contributed by atoms with Crippen molar-refractivity contribution in [2.24, 2.45) is 5.73 Å². The first-order valence-corrected chi connectivity index (χ1v) is 10.1. The minimum absolute atomic E-state index is 0.0107. The van der Waals surface area contributed by atoms with Crippen molar-refractivity contribution in [3.8, 4) is 11.5 Å². The molecule has 0 unspecified atom stereocenters. The number of piperidine rings is 1. The van der Waals surface area contributed by atoms with Crippen LogP contribution in [0.15, 0.2) is 30.7 Å². The van der Waals surface area contributed by atoms with Gasteiger partial charge in [-0.2, -0.15) is 0 Å². The second kappa shape index (κ2) is 11.8. The Hall–Kier alpha value is -3.20. The van der Waals surface area contributed by atoms with Crippen LogP contribution >= 0.6 is 0 Å². The summed E-state index contributed by atoms with van der Waals surface area (Å²) in [7, 11) is 1.56. The van der Waals surface area contributed by atoms with E-state index in [2.05, 4.69) is 9.97 Å². The number of amides is 1. The smallest absolute Gasteiger partial charge is 0.300 e. The third-order valence-electron chi connectivity index (χ3n) is 4.89. The molecule has 168 valence electrons. The van der Waals surface area contributed by atoms with Gasteiger partial charge in [-0.3, -0.25) is 9.59 Å². The summed E-state index contributed by atoms with van der Waals surface area (Å²) in [6, 6.07) is 5.27. The topological polar surface area (TPSA) is 128 Å². The first kappa shape index (κ1) is 24.1. The SMILES string of the molecule is CC(=O)O.COc1cc(C(=O)N2CCC(c3ncncc3C)CC2)ccc1OCCN. The number of aromatic nitrogens is 2. The van der Waals surface area contributed by atoms with Crippen LogP contribution in [0, 0.1) is 6.92 Å². The number of likely N-dealkylation sites (tertiary alicyclic amines) is 1. The molecule has 0 saturated carbocycles. The normalized spacial score (nSPS) is 13.7. The van der Waals surface area contributed by atoms with Crippen molar-refractivity contribution in [2.75, 3.05) is 33.4 Å². The Labute approximate surface area is 182 Å². The predicted octanol–water partition coefficient (Wildman–Crippen LogP) is 2.24. The van der Waals surface area contributed by atoms with Crippen LogP contribution in [0.1, 0.15) is 47.3 Å². The second-order valence-corrected chi connectivity index (χ2v) is 7.18. The summed E-state index contributed by atoms with van der Waals surface area (Å²) in [5.74, 6) is 0.688. The average molecular weight is 431 g/mol. The van der Waals surface area contributed by atoms with Gasteiger partial charge in [0, 0.05) is 49.9 Å². The van der Waals surface area contributed by atoms with Gasteiger partial charge in [0.2, 0.25) is 0 Å². The van der Waals surface area contributed by atoms with Crippen LogP contribution in [0.5, 0.6) is 11.5 Å². The number of hydrogen-bond acceptors (Lipinski definition) is 7. The molecular weight excluding hydrogens is 400 g/mol. The first-order valence-electron chi connectivity index (χ1n) is 10.1. The highest BCUT2D eigenvalue weighted by molar-refractivity contribution is 5.95. The Morgan fingerprint density at radius 3 is 2.52 bits per heavy atom. The molecule has 0 bridgehead atoms. The molecule has 0 atom stereocenters. The monoisotopic (exact) mass is 430 g/mol. The van der Waals surface area contributed by atoms with Gasteiger partial charge in [-0.05, 0) is 43.5 Å². The Morgan fingerprint density at radius 2 is 1.94 bits per heavy atom. The summed E-state index contributed by atoms with van der Waals surface area (Å²) in [4.78, 5) is 32.3. The summed E-state index contributed by atoms with van der Waals surface area (Å²) in [5.41, 5.74) is 8.28. The predicted molar refractivity (Wildman–Crippen MR) is 116 cm³/mol. The fraction of sp³-hybridized carbons (Fsp3) is 0.455. The molecule has 3 N–H and O–H groups in total. The molecular formula is C22H30N4O5. The highest BCUT2D eigenvalue weighted by Gasteiger charge is 2.26. The number of carboxylic acid groups (broad SMARTS) is 1. The van der Waals surface area contributed by atoms with E-state index in [-0.39, 0.29) is 5.91 Å². The maximum absolute atomic E-state index is 12.9.